The monoisotopic (exact) mass is 463 g/mol. The highest BCUT2D eigenvalue weighted by molar-refractivity contribution is 7.70. The van der Waals surface area contributed by atoms with E-state index in [1.807, 2.05) is 12.1 Å². The highest BCUT2D eigenvalue weighted by Crippen LogP contribution is 2.34. The maximum absolute atomic E-state index is 12.7. The molecule has 2 aromatic heterocycles. The molecule has 33 heavy (non-hydrogen) atoms. The molecule has 0 saturated carbocycles. The molecule has 0 bridgehead atoms. The van der Waals surface area contributed by atoms with Gasteiger partial charge in [-0.25, -0.2) is 4.98 Å². The van der Waals surface area contributed by atoms with E-state index in [-0.39, 0.29) is 17.6 Å². The van der Waals surface area contributed by atoms with Gasteiger partial charge in [0.25, 0.3) is 5.56 Å². The maximum Gasteiger partial charge on any atom is 0.252 e. The van der Waals surface area contributed by atoms with Crippen LogP contribution in [0.3, 0.4) is 0 Å². The van der Waals surface area contributed by atoms with Gasteiger partial charge in [0.2, 0.25) is 0 Å². The Morgan fingerprint density at radius 2 is 1.79 bits per heavy atom. The average molecular weight is 464 g/mol. The quantitative estimate of drug-likeness (QED) is 0.553. The molecule has 7 nitrogen and oxygen atoms in total. The SMILES string of the molecule is C[C@@H]1CN(c2cc(=O)n(C)c3ccc(C#N)nc23)[C@@H](C)CN1Cc1ccc(P(C)(C)=O)cc1. The summed E-state index contributed by atoms with van der Waals surface area (Å²) in [6, 6.07) is 15.7. The standard InChI is InChI=1S/C25H30N5O2P/c1-17-15-30(23-12-24(31)28(3)22-11-8-20(13-26)27-25(22)23)18(2)14-29(17)16-19-6-9-21(10-7-19)33(4,5)32/h6-12,17-18H,14-16H2,1-5H3/t17-,18+/m1/s1. The van der Waals surface area contributed by atoms with Crippen LogP contribution in [0, 0.1) is 11.3 Å². The first kappa shape index (κ1) is 23.2. The van der Waals surface area contributed by atoms with Gasteiger partial charge in [-0.3, -0.25) is 9.69 Å². The number of aromatic nitrogens is 2. The molecule has 2 atom stereocenters. The van der Waals surface area contributed by atoms with Gasteiger partial charge in [0.15, 0.2) is 0 Å². The smallest absolute Gasteiger partial charge is 0.252 e. The Hall–Kier alpha value is -2.94. The predicted octanol–water partition coefficient (Wildman–Crippen LogP) is 3.15. The van der Waals surface area contributed by atoms with Crippen LogP contribution in [0.2, 0.25) is 0 Å². The summed E-state index contributed by atoms with van der Waals surface area (Å²) in [7, 11) is -0.523. The van der Waals surface area contributed by atoms with Crippen molar-refractivity contribution in [3.63, 3.8) is 0 Å². The molecule has 0 N–H and O–H groups in total. The van der Waals surface area contributed by atoms with Crippen molar-refractivity contribution in [2.24, 2.45) is 7.05 Å². The van der Waals surface area contributed by atoms with Gasteiger partial charge >= 0.3 is 0 Å². The molecule has 8 heteroatoms. The number of rotatable bonds is 4. The lowest BCUT2D eigenvalue weighted by Crippen LogP contribution is -2.56. The van der Waals surface area contributed by atoms with Gasteiger partial charge < -0.3 is 14.0 Å². The van der Waals surface area contributed by atoms with Crippen molar-refractivity contribution in [2.75, 3.05) is 31.3 Å². The van der Waals surface area contributed by atoms with E-state index in [2.05, 4.69) is 46.8 Å². The van der Waals surface area contributed by atoms with E-state index in [1.54, 1.807) is 43.1 Å². The fraction of sp³-hybridized carbons (Fsp3) is 0.400. The first-order valence-corrected chi connectivity index (χ1v) is 13.7. The lowest BCUT2D eigenvalue weighted by molar-refractivity contribution is 0.158. The molecule has 3 heterocycles. The summed E-state index contributed by atoms with van der Waals surface area (Å²) < 4.78 is 13.9. The number of pyridine rings is 2. The molecule has 0 spiro atoms. The molecule has 4 rings (SSSR count). The van der Waals surface area contributed by atoms with E-state index in [4.69, 9.17) is 0 Å². The van der Waals surface area contributed by atoms with E-state index in [0.29, 0.717) is 11.2 Å². The average Bonchev–Trinajstić information content (AvgIpc) is 2.78. The molecule has 0 aliphatic carbocycles. The van der Waals surface area contributed by atoms with Crippen LogP contribution in [-0.2, 0) is 18.2 Å². The van der Waals surface area contributed by atoms with Crippen molar-refractivity contribution in [1.29, 1.82) is 5.26 Å². The minimum Gasteiger partial charge on any atom is -0.364 e. The highest BCUT2D eigenvalue weighted by Gasteiger charge is 2.31. The number of hydrogen-bond donors (Lipinski definition) is 0. The number of aryl methyl sites for hydroxylation is 1. The van der Waals surface area contributed by atoms with Gasteiger partial charge in [-0.2, -0.15) is 5.26 Å². The second-order valence-electron chi connectivity index (χ2n) is 9.40. The van der Waals surface area contributed by atoms with Gasteiger partial charge in [-0.1, -0.05) is 24.3 Å². The molecule has 1 saturated heterocycles. The zero-order chi connectivity index (χ0) is 23.9. The van der Waals surface area contributed by atoms with Crippen LogP contribution in [0.5, 0.6) is 0 Å². The normalized spacial score (nSPS) is 19.6. The first-order chi connectivity index (χ1) is 15.6. The molecule has 0 radical (unpaired) electrons. The Balaban J connectivity index is 1.61. The van der Waals surface area contributed by atoms with Crippen molar-refractivity contribution >= 4 is 29.2 Å². The van der Waals surface area contributed by atoms with Gasteiger partial charge in [-0.05, 0) is 44.9 Å². The van der Waals surface area contributed by atoms with Crippen LogP contribution >= 0.6 is 7.14 Å². The molecule has 172 valence electrons. The number of nitrogens with zero attached hydrogens (tertiary/aromatic N) is 5. The topological polar surface area (TPSA) is 82.2 Å². The van der Waals surface area contributed by atoms with E-state index in [0.717, 1.165) is 36.1 Å². The Kier molecular flexibility index (Phi) is 6.18. The van der Waals surface area contributed by atoms with Crippen molar-refractivity contribution < 1.29 is 4.57 Å². The molecule has 0 amide bonds. The predicted molar refractivity (Wildman–Crippen MR) is 134 cm³/mol. The summed E-state index contributed by atoms with van der Waals surface area (Å²) in [5.41, 5.74) is 3.64. The van der Waals surface area contributed by atoms with Crippen LogP contribution in [-0.4, -0.2) is 53.0 Å². The van der Waals surface area contributed by atoms with E-state index < -0.39 is 7.14 Å². The summed E-state index contributed by atoms with van der Waals surface area (Å²) >= 11 is 0. The number of benzene rings is 1. The maximum atomic E-state index is 12.7. The number of hydrogen-bond acceptors (Lipinski definition) is 6. The summed E-state index contributed by atoms with van der Waals surface area (Å²) in [6.45, 7) is 10.3. The molecule has 1 aliphatic heterocycles. The van der Waals surface area contributed by atoms with Crippen LogP contribution in [0.4, 0.5) is 5.69 Å². The molecular formula is C25H30N5O2P. The highest BCUT2D eigenvalue weighted by atomic mass is 31.2. The fourth-order valence-electron chi connectivity index (χ4n) is 4.54. The third-order valence-electron chi connectivity index (χ3n) is 6.55. The van der Waals surface area contributed by atoms with Crippen molar-refractivity contribution in [3.05, 3.63) is 64.1 Å². The fourth-order valence-corrected chi connectivity index (χ4v) is 5.41. The minimum atomic E-state index is -2.25. The van der Waals surface area contributed by atoms with Crippen molar-refractivity contribution in [1.82, 2.24) is 14.5 Å². The van der Waals surface area contributed by atoms with Crippen LogP contribution in [0.15, 0.2) is 47.3 Å². The van der Waals surface area contributed by atoms with E-state index in [1.165, 1.54) is 5.56 Å². The Bertz CT molecular complexity index is 1340. The van der Waals surface area contributed by atoms with Gasteiger partial charge in [0.05, 0.1) is 11.2 Å². The third kappa shape index (κ3) is 4.59. The third-order valence-corrected chi connectivity index (χ3v) is 8.09. The van der Waals surface area contributed by atoms with Gasteiger partial charge in [0, 0.05) is 50.1 Å². The molecule has 0 unspecified atom stereocenters. The van der Waals surface area contributed by atoms with Crippen LogP contribution in [0.25, 0.3) is 11.0 Å². The largest absolute Gasteiger partial charge is 0.364 e. The Morgan fingerprint density at radius 3 is 2.42 bits per heavy atom. The first-order valence-electron chi connectivity index (χ1n) is 11.1. The number of nitriles is 1. The van der Waals surface area contributed by atoms with E-state index >= 15 is 0 Å². The number of fused-ring (bicyclic) bond motifs is 1. The van der Waals surface area contributed by atoms with Crippen LogP contribution < -0.4 is 15.8 Å². The van der Waals surface area contributed by atoms with Crippen LogP contribution in [0.1, 0.15) is 25.1 Å². The molecule has 3 aromatic rings. The van der Waals surface area contributed by atoms with Gasteiger partial charge in [0.1, 0.15) is 24.4 Å². The lowest BCUT2D eigenvalue weighted by atomic mass is 10.0. The number of piperazine rings is 1. The van der Waals surface area contributed by atoms with Crippen molar-refractivity contribution in [3.8, 4) is 6.07 Å². The molecule has 1 aliphatic rings. The second-order valence-corrected chi connectivity index (χ2v) is 12.6. The molecule has 1 fully saturated rings. The lowest BCUT2D eigenvalue weighted by Gasteiger charge is -2.45. The summed E-state index contributed by atoms with van der Waals surface area (Å²) in [6.07, 6.45) is 0. The molecule has 1 aromatic carbocycles. The summed E-state index contributed by atoms with van der Waals surface area (Å²) in [4.78, 5) is 21.9. The van der Waals surface area contributed by atoms with Gasteiger partial charge in [-0.15, -0.1) is 0 Å². The summed E-state index contributed by atoms with van der Waals surface area (Å²) in [5.74, 6) is 0. The Morgan fingerprint density at radius 1 is 1.09 bits per heavy atom. The van der Waals surface area contributed by atoms with E-state index in [9.17, 15) is 14.6 Å². The minimum absolute atomic E-state index is 0.0875. The molecular weight excluding hydrogens is 433 g/mol. The summed E-state index contributed by atoms with van der Waals surface area (Å²) in [5, 5.41) is 10.2. The zero-order valence-corrected chi connectivity index (χ0v) is 20.7. The second kappa shape index (κ2) is 8.78. The van der Waals surface area contributed by atoms with Crippen molar-refractivity contribution in [2.45, 2.75) is 32.5 Å². The Labute approximate surface area is 194 Å². The number of anilines is 1. The zero-order valence-electron chi connectivity index (χ0n) is 19.8.